The van der Waals surface area contributed by atoms with Crippen LogP contribution in [0.4, 0.5) is 0 Å². The van der Waals surface area contributed by atoms with Crippen LogP contribution in [0.3, 0.4) is 0 Å². The van der Waals surface area contributed by atoms with Crippen molar-refractivity contribution in [2.75, 3.05) is 0 Å². The molecule has 2 aliphatic carbocycles. The molecule has 17 heavy (non-hydrogen) atoms. The van der Waals surface area contributed by atoms with Gasteiger partial charge in [-0.3, -0.25) is 0 Å². The van der Waals surface area contributed by atoms with Crippen molar-refractivity contribution in [1.29, 1.82) is 0 Å². The van der Waals surface area contributed by atoms with Crippen LogP contribution < -0.4 is 0 Å². The van der Waals surface area contributed by atoms with Crippen LogP contribution in [-0.2, 0) is 0 Å². The number of fused-ring (bicyclic) bond motifs is 6. The molecule has 1 aromatic carbocycles. The van der Waals surface area contributed by atoms with Crippen LogP contribution in [0.1, 0.15) is 29.6 Å². The van der Waals surface area contributed by atoms with Crippen molar-refractivity contribution in [3.63, 3.8) is 0 Å². The Bertz CT molecular complexity index is 561. The van der Waals surface area contributed by atoms with Crippen LogP contribution in [0, 0.1) is 0 Å². The molecule has 1 fully saturated rings. The fraction of sp³-hybridized carbons (Fsp3) is 0.385. The summed E-state index contributed by atoms with van der Waals surface area (Å²) in [5.41, 5.74) is 3.49. The lowest BCUT2D eigenvalue weighted by molar-refractivity contribution is 0.0201. The summed E-state index contributed by atoms with van der Waals surface area (Å²) in [7, 11) is 0. The highest BCUT2D eigenvalue weighted by molar-refractivity contribution is 5.74. The Labute approximate surface area is 98.0 Å². The third kappa shape index (κ3) is 1.09. The number of aliphatic hydroxyl groups excluding tert-OH is 2. The minimum atomic E-state index is -0.678. The molecule has 4 nitrogen and oxygen atoms in total. The van der Waals surface area contributed by atoms with E-state index in [1.807, 2.05) is 24.3 Å². The summed E-state index contributed by atoms with van der Waals surface area (Å²) in [5.74, 6) is -0.0794. The molecular weight excluding hydrogens is 216 g/mol. The molecule has 1 saturated carbocycles. The van der Waals surface area contributed by atoms with E-state index in [9.17, 15) is 10.2 Å². The van der Waals surface area contributed by atoms with Crippen LogP contribution in [-0.4, -0.2) is 32.4 Å². The Hall–Kier alpha value is -1.52. The highest BCUT2D eigenvalue weighted by atomic mass is 16.3. The molecule has 0 unspecified atom stereocenters. The largest absolute Gasteiger partial charge is 0.390 e. The number of nitrogens with zero attached hydrogens (tertiary/aromatic N) is 2. The molecule has 4 rings (SSSR count). The third-order valence-electron chi connectivity index (χ3n) is 4.01. The van der Waals surface area contributed by atoms with Crippen molar-refractivity contribution < 1.29 is 10.2 Å². The van der Waals surface area contributed by atoms with E-state index in [4.69, 9.17) is 0 Å². The van der Waals surface area contributed by atoms with Crippen molar-refractivity contribution in [3.05, 3.63) is 35.7 Å². The lowest BCUT2D eigenvalue weighted by Gasteiger charge is -2.23. The topological polar surface area (TPSA) is 66.2 Å². The zero-order valence-electron chi connectivity index (χ0n) is 9.11. The molecule has 2 aromatic rings. The third-order valence-corrected chi connectivity index (χ3v) is 4.01. The second-order valence-electron chi connectivity index (χ2n) is 4.91. The summed E-state index contributed by atoms with van der Waals surface area (Å²) in [5, 5.41) is 19.8. The van der Waals surface area contributed by atoms with E-state index in [-0.39, 0.29) is 11.8 Å². The quantitative estimate of drug-likeness (QED) is 0.704. The van der Waals surface area contributed by atoms with Gasteiger partial charge in [-0.1, -0.05) is 12.1 Å². The molecule has 2 aliphatic rings. The number of hydrogen-bond donors (Lipinski definition) is 2. The minimum absolute atomic E-state index is 0.0397. The van der Waals surface area contributed by atoms with Gasteiger partial charge in [0.05, 0.1) is 34.6 Å². The van der Waals surface area contributed by atoms with Crippen LogP contribution in [0.15, 0.2) is 24.3 Å². The Morgan fingerprint density at radius 3 is 1.82 bits per heavy atom. The molecule has 1 aromatic heterocycles. The monoisotopic (exact) mass is 228 g/mol. The van der Waals surface area contributed by atoms with E-state index in [1.165, 1.54) is 0 Å². The molecule has 4 atom stereocenters. The first-order valence-corrected chi connectivity index (χ1v) is 5.88. The maximum absolute atomic E-state index is 9.89. The van der Waals surface area contributed by atoms with Crippen molar-refractivity contribution in [2.45, 2.75) is 30.5 Å². The Morgan fingerprint density at radius 1 is 0.882 bits per heavy atom. The van der Waals surface area contributed by atoms with Crippen molar-refractivity contribution in [1.82, 2.24) is 9.97 Å². The van der Waals surface area contributed by atoms with Crippen LogP contribution in [0.5, 0.6) is 0 Å². The molecule has 0 amide bonds. The van der Waals surface area contributed by atoms with Gasteiger partial charge in [-0.05, 0) is 18.6 Å². The lowest BCUT2D eigenvalue weighted by Crippen LogP contribution is -2.32. The summed E-state index contributed by atoms with van der Waals surface area (Å²) in [6, 6.07) is 7.72. The second-order valence-corrected chi connectivity index (χ2v) is 4.91. The molecule has 0 saturated heterocycles. The van der Waals surface area contributed by atoms with Gasteiger partial charge in [-0.25, -0.2) is 9.97 Å². The van der Waals surface area contributed by atoms with Gasteiger partial charge in [0.1, 0.15) is 0 Å². The average Bonchev–Trinajstić information content (AvgIpc) is 2.85. The molecule has 0 radical (unpaired) electrons. The van der Waals surface area contributed by atoms with Gasteiger partial charge in [0.25, 0.3) is 0 Å². The SMILES string of the molecule is O[C@@H]1[C@H](O)[C@@H]2C[C@@H]1c1nc3ccccc3nc12. The van der Waals surface area contributed by atoms with Crippen molar-refractivity contribution in [3.8, 4) is 0 Å². The van der Waals surface area contributed by atoms with E-state index >= 15 is 0 Å². The van der Waals surface area contributed by atoms with Crippen molar-refractivity contribution >= 4 is 11.0 Å². The number of hydrogen-bond acceptors (Lipinski definition) is 4. The predicted molar refractivity (Wildman–Crippen MR) is 61.7 cm³/mol. The Balaban J connectivity index is 1.99. The second kappa shape index (κ2) is 3.03. The molecule has 0 spiro atoms. The van der Waals surface area contributed by atoms with Gasteiger partial charge in [0, 0.05) is 11.8 Å². The molecule has 2 N–H and O–H groups in total. The standard InChI is InChI=1S/C13H12N2O2/c16-12-6-5-7(13(12)17)11-10(6)14-8-3-1-2-4-9(8)15-11/h1-4,6-7,12-13,16-17H,5H2/t6-,7-,12-,13+/m1/s1. The summed E-state index contributed by atoms with van der Waals surface area (Å²) in [4.78, 5) is 9.18. The van der Waals surface area contributed by atoms with Crippen LogP contribution >= 0.6 is 0 Å². The Kier molecular flexibility index (Phi) is 1.69. The number of para-hydroxylation sites is 2. The molecule has 2 bridgehead atoms. The average molecular weight is 228 g/mol. The van der Waals surface area contributed by atoms with Gasteiger partial charge in [0.2, 0.25) is 0 Å². The smallest absolute Gasteiger partial charge is 0.0890 e. The summed E-state index contributed by atoms with van der Waals surface area (Å²) >= 11 is 0. The molecular formula is C13H12N2O2. The van der Waals surface area contributed by atoms with Crippen LogP contribution in [0.2, 0.25) is 0 Å². The fourth-order valence-corrected chi connectivity index (χ4v) is 3.15. The van der Waals surface area contributed by atoms with Gasteiger partial charge in [-0.2, -0.15) is 0 Å². The number of aromatic nitrogens is 2. The zero-order valence-corrected chi connectivity index (χ0v) is 9.11. The number of aliphatic hydroxyl groups is 2. The van der Waals surface area contributed by atoms with Crippen molar-refractivity contribution in [2.24, 2.45) is 0 Å². The van der Waals surface area contributed by atoms with Gasteiger partial charge >= 0.3 is 0 Å². The fourth-order valence-electron chi connectivity index (χ4n) is 3.15. The first-order valence-electron chi connectivity index (χ1n) is 5.88. The zero-order chi connectivity index (χ0) is 11.6. The first-order chi connectivity index (χ1) is 8.25. The first kappa shape index (κ1) is 9.50. The summed E-state index contributed by atoms with van der Waals surface area (Å²) < 4.78 is 0. The molecule has 4 heteroatoms. The predicted octanol–water partition coefficient (Wildman–Crippen LogP) is 0.936. The maximum atomic E-state index is 9.89. The molecule has 86 valence electrons. The van der Waals surface area contributed by atoms with E-state index < -0.39 is 12.2 Å². The lowest BCUT2D eigenvalue weighted by atomic mass is 9.95. The maximum Gasteiger partial charge on any atom is 0.0890 e. The normalized spacial score (nSPS) is 34.2. The number of benzene rings is 1. The molecule has 1 heterocycles. The minimum Gasteiger partial charge on any atom is -0.390 e. The van der Waals surface area contributed by atoms with Crippen LogP contribution in [0.25, 0.3) is 11.0 Å². The highest BCUT2D eigenvalue weighted by Gasteiger charge is 2.51. The van der Waals surface area contributed by atoms with E-state index in [0.29, 0.717) is 0 Å². The van der Waals surface area contributed by atoms with E-state index in [2.05, 4.69) is 9.97 Å². The van der Waals surface area contributed by atoms with Gasteiger partial charge in [-0.15, -0.1) is 0 Å². The van der Waals surface area contributed by atoms with Gasteiger partial charge in [0.15, 0.2) is 0 Å². The highest BCUT2D eigenvalue weighted by Crippen LogP contribution is 2.51. The summed E-state index contributed by atoms with van der Waals surface area (Å²) in [6.45, 7) is 0. The Morgan fingerprint density at radius 2 is 1.35 bits per heavy atom. The number of rotatable bonds is 0. The van der Waals surface area contributed by atoms with E-state index in [0.717, 1.165) is 28.8 Å². The molecule has 0 aliphatic heterocycles. The van der Waals surface area contributed by atoms with Gasteiger partial charge < -0.3 is 10.2 Å². The summed E-state index contributed by atoms with van der Waals surface area (Å²) in [6.07, 6.45) is -0.584. The van der Waals surface area contributed by atoms with E-state index in [1.54, 1.807) is 0 Å².